The fourth-order valence-electron chi connectivity index (χ4n) is 1.72. The fourth-order valence-corrected chi connectivity index (χ4v) is 2.54. The molecular weight excluding hydrogens is 254 g/mol. The van der Waals surface area contributed by atoms with Crippen molar-refractivity contribution in [3.05, 3.63) is 46.0 Å². The van der Waals surface area contributed by atoms with E-state index < -0.39 is 0 Å². The zero-order valence-electron chi connectivity index (χ0n) is 10.8. The first-order chi connectivity index (χ1) is 8.65. The maximum absolute atomic E-state index is 7.30. The molecule has 1 aromatic carbocycles. The summed E-state index contributed by atoms with van der Waals surface area (Å²) in [6, 6.07) is 7.95. The number of benzene rings is 1. The van der Waals surface area contributed by atoms with E-state index in [1.165, 1.54) is 16.8 Å². The van der Waals surface area contributed by atoms with Gasteiger partial charge < -0.3 is 10.7 Å². The SMILES string of the molecule is C.CN/C(=C\n1sc(C)c1C)c1cccc(C=N)c1. The van der Waals surface area contributed by atoms with Gasteiger partial charge in [0.2, 0.25) is 0 Å². The summed E-state index contributed by atoms with van der Waals surface area (Å²) in [5.74, 6) is 0. The van der Waals surface area contributed by atoms with Crippen LogP contribution in [0.4, 0.5) is 0 Å². The van der Waals surface area contributed by atoms with E-state index in [4.69, 9.17) is 5.41 Å². The first-order valence-corrected chi connectivity index (χ1v) is 6.58. The van der Waals surface area contributed by atoms with Crippen molar-refractivity contribution in [2.75, 3.05) is 7.05 Å². The van der Waals surface area contributed by atoms with Crippen molar-refractivity contribution < 1.29 is 0 Å². The van der Waals surface area contributed by atoms with Gasteiger partial charge in [0.1, 0.15) is 0 Å². The van der Waals surface area contributed by atoms with Crippen LogP contribution in [0, 0.1) is 19.3 Å². The summed E-state index contributed by atoms with van der Waals surface area (Å²) in [5, 5.41) is 10.5. The van der Waals surface area contributed by atoms with Gasteiger partial charge in [-0.25, -0.2) is 0 Å². The molecule has 0 radical (unpaired) electrons. The van der Waals surface area contributed by atoms with E-state index in [1.54, 1.807) is 11.5 Å². The zero-order valence-corrected chi connectivity index (χ0v) is 11.6. The molecule has 0 spiro atoms. The van der Waals surface area contributed by atoms with Crippen molar-refractivity contribution in [3.63, 3.8) is 0 Å². The highest BCUT2D eigenvalue weighted by atomic mass is 32.1. The minimum Gasteiger partial charge on any atom is -0.386 e. The highest BCUT2D eigenvalue weighted by Gasteiger charge is 2.06. The van der Waals surface area contributed by atoms with Gasteiger partial charge in [-0.3, -0.25) is 3.96 Å². The predicted molar refractivity (Wildman–Crippen MR) is 86.1 cm³/mol. The van der Waals surface area contributed by atoms with Crippen LogP contribution in [0.25, 0.3) is 11.9 Å². The highest BCUT2D eigenvalue weighted by molar-refractivity contribution is 7.08. The van der Waals surface area contributed by atoms with Gasteiger partial charge in [-0.05, 0) is 31.0 Å². The molecule has 0 saturated heterocycles. The molecule has 2 N–H and O–H groups in total. The van der Waals surface area contributed by atoms with Crippen LogP contribution >= 0.6 is 11.5 Å². The lowest BCUT2D eigenvalue weighted by Crippen LogP contribution is -2.08. The Labute approximate surface area is 119 Å². The van der Waals surface area contributed by atoms with Gasteiger partial charge in [-0.15, -0.1) is 0 Å². The van der Waals surface area contributed by atoms with Crippen LogP contribution in [0.1, 0.15) is 29.1 Å². The third-order valence-electron chi connectivity index (χ3n) is 2.96. The standard InChI is InChI=1S/C14H17N3S.CH4/c1-10-11(2)18-17(10)9-14(16-3)13-6-4-5-12(7-13)8-15;/h4-9,15-16H,1-3H3;1H4/b14-9-,15-8?;. The molecule has 0 unspecified atom stereocenters. The van der Waals surface area contributed by atoms with Crippen molar-refractivity contribution >= 4 is 29.6 Å². The Morgan fingerprint density at radius 3 is 2.63 bits per heavy atom. The number of aromatic nitrogens is 1. The lowest BCUT2D eigenvalue weighted by atomic mass is 10.1. The Hall–Kier alpha value is -1.81. The molecule has 0 atom stereocenters. The van der Waals surface area contributed by atoms with Crippen molar-refractivity contribution in [2.24, 2.45) is 0 Å². The predicted octanol–water partition coefficient (Wildman–Crippen LogP) is 3.98. The lowest BCUT2D eigenvalue weighted by Gasteiger charge is -2.15. The molecule has 3 nitrogen and oxygen atoms in total. The number of aryl methyl sites for hydroxylation is 1. The molecule has 0 aliphatic heterocycles. The minimum absolute atomic E-state index is 0. The van der Waals surface area contributed by atoms with Gasteiger partial charge in [0.15, 0.2) is 0 Å². The first-order valence-electron chi connectivity index (χ1n) is 5.81. The molecule has 19 heavy (non-hydrogen) atoms. The Kier molecular flexibility index (Phi) is 5.12. The molecule has 1 heterocycles. The second-order valence-corrected chi connectivity index (χ2v) is 5.31. The third kappa shape index (κ3) is 3.15. The molecule has 0 saturated carbocycles. The van der Waals surface area contributed by atoms with Crippen molar-refractivity contribution in [3.8, 4) is 0 Å². The summed E-state index contributed by atoms with van der Waals surface area (Å²) < 4.78 is 2.15. The second-order valence-electron chi connectivity index (χ2n) is 4.12. The molecular formula is C15H21N3S. The number of hydrogen-bond acceptors (Lipinski definition) is 3. The molecule has 102 valence electrons. The Balaban J connectivity index is 0.00000180. The normalized spacial score (nSPS) is 11.0. The van der Waals surface area contributed by atoms with E-state index in [0.29, 0.717) is 0 Å². The number of hydrogen-bond donors (Lipinski definition) is 2. The summed E-state index contributed by atoms with van der Waals surface area (Å²) in [7, 11) is 1.92. The van der Waals surface area contributed by atoms with Gasteiger partial charge in [0.05, 0.1) is 5.70 Å². The van der Waals surface area contributed by atoms with Crippen LogP contribution in [0.5, 0.6) is 0 Å². The van der Waals surface area contributed by atoms with Crippen molar-refractivity contribution in [1.29, 1.82) is 5.41 Å². The number of rotatable bonds is 4. The first kappa shape index (κ1) is 15.2. The molecule has 0 aliphatic rings. The minimum atomic E-state index is 0. The van der Waals surface area contributed by atoms with Gasteiger partial charge in [-0.1, -0.05) is 37.2 Å². The Morgan fingerprint density at radius 2 is 2.11 bits per heavy atom. The average molecular weight is 275 g/mol. The van der Waals surface area contributed by atoms with E-state index in [9.17, 15) is 0 Å². The van der Waals surface area contributed by atoms with E-state index in [2.05, 4.69) is 29.3 Å². The van der Waals surface area contributed by atoms with Crippen LogP contribution in [-0.2, 0) is 0 Å². The van der Waals surface area contributed by atoms with Gasteiger partial charge in [0, 0.05) is 30.0 Å². The molecule has 2 aromatic rings. The fraction of sp³-hybridized carbons (Fsp3) is 0.267. The zero-order chi connectivity index (χ0) is 13.1. The highest BCUT2D eigenvalue weighted by Crippen LogP contribution is 2.22. The summed E-state index contributed by atoms with van der Waals surface area (Å²) >= 11 is 1.74. The van der Waals surface area contributed by atoms with E-state index in [-0.39, 0.29) is 7.43 Å². The molecule has 0 bridgehead atoms. The molecule has 1 aromatic heterocycles. The number of nitrogens with one attached hydrogen (secondary N) is 2. The molecule has 0 aliphatic carbocycles. The maximum atomic E-state index is 7.30. The van der Waals surface area contributed by atoms with Gasteiger partial charge in [-0.2, -0.15) is 0 Å². The molecule has 0 fully saturated rings. The molecule has 4 heteroatoms. The smallest absolute Gasteiger partial charge is 0.0590 e. The van der Waals surface area contributed by atoms with Crippen molar-refractivity contribution in [1.82, 2.24) is 9.27 Å². The van der Waals surface area contributed by atoms with E-state index in [1.807, 2.05) is 31.3 Å². The van der Waals surface area contributed by atoms with E-state index >= 15 is 0 Å². The molecule has 2 rings (SSSR count). The van der Waals surface area contributed by atoms with Crippen LogP contribution in [-0.4, -0.2) is 17.2 Å². The second kappa shape index (κ2) is 6.38. The molecule has 0 amide bonds. The average Bonchev–Trinajstić information content (AvgIpc) is 2.43. The van der Waals surface area contributed by atoms with Crippen LogP contribution in [0.15, 0.2) is 24.3 Å². The summed E-state index contributed by atoms with van der Waals surface area (Å²) in [6.07, 6.45) is 3.46. The van der Waals surface area contributed by atoms with E-state index in [0.717, 1.165) is 16.8 Å². The topological polar surface area (TPSA) is 40.8 Å². The van der Waals surface area contributed by atoms with Gasteiger partial charge >= 0.3 is 0 Å². The quantitative estimate of drug-likeness (QED) is 0.814. The van der Waals surface area contributed by atoms with Crippen LogP contribution in [0.2, 0.25) is 0 Å². The Bertz CT molecular complexity index is 590. The van der Waals surface area contributed by atoms with Crippen LogP contribution in [0.3, 0.4) is 0 Å². The van der Waals surface area contributed by atoms with Crippen molar-refractivity contribution in [2.45, 2.75) is 21.3 Å². The number of nitrogens with zero attached hydrogens (tertiary/aromatic N) is 1. The van der Waals surface area contributed by atoms with Crippen LogP contribution < -0.4 is 5.32 Å². The lowest BCUT2D eigenvalue weighted by molar-refractivity contribution is 1.08. The van der Waals surface area contributed by atoms with Gasteiger partial charge in [0.25, 0.3) is 0 Å². The third-order valence-corrected chi connectivity index (χ3v) is 4.10. The summed E-state index contributed by atoms with van der Waals surface area (Å²) in [6.45, 7) is 4.24. The largest absolute Gasteiger partial charge is 0.386 e. The summed E-state index contributed by atoms with van der Waals surface area (Å²) in [4.78, 5) is 1.36. The Morgan fingerprint density at radius 1 is 1.37 bits per heavy atom. The maximum Gasteiger partial charge on any atom is 0.0590 e. The summed E-state index contributed by atoms with van der Waals surface area (Å²) in [5.41, 5.74) is 4.35. The monoisotopic (exact) mass is 275 g/mol.